The Morgan fingerprint density at radius 2 is 2.06 bits per heavy atom. The normalized spacial score (nSPS) is 16.0. The molecule has 0 aliphatic carbocycles. The van der Waals surface area contributed by atoms with Crippen LogP contribution in [0.15, 0.2) is 36.8 Å². The number of aromatic nitrogens is 5. The molecule has 5 rings (SSSR count). The first-order chi connectivity index (χ1) is 15.5. The molecule has 0 amide bonds. The van der Waals surface area contributed by atoms with Crippen LogP contribution in [0.5, 0.6) is 0 Å². The lowest BCUT2D eigenvalue weighted by Crippen LogP contribution is -2.18. The van der Waals surface area contributed by atoms with Crippen LogP contribution in [0.3, 0.4) is 0 Å². The number of nitrogens with zero attached hydrogens (tertiary/aromatic N) is 7. The van der Waals surface area contributed by atoms with Gasteiger partial charge in [-0.15, -0.1) is 0 Å². The molecule has 9 heteroatoms. The number of hydrogen-bond acceptors (Lipinski definition) is 7. The number of imidazole rings is 1. The summed E-state index contributed by atoms with van der Waals surface area (Å²) in [6.07, 6.45) is 5.15. The number of benzene rings is 1. The lowest BCUT2D eigenvalue weighted by Gasteiger charge is -2.18. The van der Waals surface area contributed by atoms with Gasteiger partial charge < -0.3 is 14.6 Å². The van der Waals surface area contributed by atoms with Crippen molar-refractivity contribution in [3.05, 3.63) is 59.6 Å². The third-order valence-corrected chi connectivity index (χ3v) is 5.65. The van der Waals surface area contributed by atoms with E-state index in [0.717, 1.165) is 58.7 Å². The highest BCUT2D eigenvalue weighted by atomic mass is 16.3. The summed E-state index contributed by atoms with van der Waals surface area (Å²) in [4.78, 5) is 28.9. The van der Waals surface area contributed by atoms with Gasteiger partial charge >= 0.3 is 0 Å². The van der Waals surface area contributed by atoms with E-state index in [1.54, 1.807) is 6.33 Å². The van der Waals surface area contributed by atoms with Gasteiger partial charge in [0.2, 0.25) is 0 Å². The molecule has 1 N–H and O–H groups in total. The van der Waals surface area contributed by atoms with E-state index in [1.807, 2.05) is 37.4 Å². The first-order valence-electron chi connectivity index (χ1n) is 10.3. The molecular weight excluding hydrogens is 406 g/mol. The van der Waals surface area contributed by atoms with E-state index in [4.69, 9.17) is 14.9 Å². The van der Waals surface area contributed by atoms with Crippen molar-refractivity contribution in [3.63, 3.8) is 0 Å². The summed E-state index contributed by atoms with van der Waals surface area (Å²) in [6, 6.07) is 10.3. The highest BCUT2D eigenvalue weighted by molar-refractivity contribution is 6.02. The Hall–Kier alpha value is -3.90. The average molecular weight is 429 g/mol. The van der Waals surface area contributed by atoms with Crippen LogP contribution in [-0.4, -0.2) is 61.1 Å². The van der Waals surface area contributed by atoms with Gasteiger partial charge in [-0.2, -0.15) is 5.26 Å². The van der Waals surface area contributed by atoms with Crippen LogP contribution in [0.4, 0.5) is 0 Å². The first-order valence-corrected chi connectivity index (χ1v) is 10.3. The van der Waals surface area contributed by atoms with Crippen molar-refractivity contribution in [2.45, 2.75) is 25.8 Å². The topological polar surface area (TPSA) is 121 Å². The number of hydrogen-bond donors (Lipinski definition) is 1. The van der Waals surface area contributed by atoms with Crippen molar-refractivity contribution in [1.29, 1.82) is 5.26 Å². The monoisotopic (exact) mass is 429 g/mol. The largest absolute Gasteiger partial charge is 0.483 e. The van der Waals surface area contributed by atoms with Crippen LogP contribution >= 0.6 is 0 Å². The molecule has 0 spiro atoms. The van der Waals surface area contributed by atoms with Crippen LogP contribution in [0.25, 0.3) is 21.9 Å². The standard InChI is InChI=1S/C22H21N7.CH2O2/c1-14-7-16(26-13-25-14)9-21-27-20-11-24-19-4-3-15(10-23)8-18(19)22(20)29(21)17-5-6-28(2)12-17;2-1-3/h3-4,7-8,11,13,17H,5-6,9,12H2,1-2H3;1H,(H,2,3)/t17-;/m1./s1. The van der Waals surface area contributed by atoms with Crippen molar-refractivity contribution in [2.24, 2.45) is 0 Å². The Morgan fingerprint density at radius 3 is 2.75 bits per heavy atom. The fourth-order valence-electron chi connectivity index (χ4n) is 4.30. The number of nitriles is 1. The van der Waals surface area contributed by atoms with Crippen molar-refractivity contribution in [1.82, 2.24) is 29.4 Å². The van der Waals surface area contributed by atoms with Gasteiger partial charge in [-0.1, -0.05) is 0 Å². The maximum absolute atomic E-state index is 9.40. The second-order valence-electron chi connectivity index (χ2n) is 7.87. The third-order valence-electron chi connectivity index (χ3n) is 5.65. The number of fused-ring (bicyclic) bond motifs is 3. The van der Waals surface area contributed by atoms with Gasteiger partial charge in [-0.3, -0.25) is 9.78 Å². The molecule has 3 aromatic heterocycles. The van der Waals surface area contributed by atoms with Crippen molar-refractivity contribution in [2.75, 3.05) is 20.1 Å². The van der Waals surface area contributed by atoms with E-state index in [-0.39, 0.29) is 6.47 Å². The quantitative estimate of drug-likeness (QED) is 0.494. The molecule has 1 aromatic carbocycles. The van der Waals surface area contributed by atoms with Gasteiger partial charge in [0.1, 0.15) is 17.7 Å². The van der Waals surface area contributed by atoms with Gasteiger partial charge in [0.15, 0.2) is 0 Å². The lowest BCUT2D eigenvalue weighted by atomic mass is 10.1. The Balaban J connectivity index is 0.000000775. The lowest BCUT2D eigenvalue weighted by molar-refractivity contribution is -0.122. The minimum absolute atomic E-state index is 0.250. The van der Waals surface area contributed by atoms with Crippen LogP contribution < -0.4 is 0 Å². The fraction of sp³-hybridized carbons (Fsp3) is 0.304. The van der Waals surface area contributed by atoms with E-state index in [9.17, 15) is 5.26 Å². The van der Waals surface area contributed by atoms with E-state index >= 15 is 0 Å². The smallest absolute Gasteiger partial charge is 0.290 e. The molecule has 1 fully saturated rings. The van der Waals surface area contributed by atoms with Crippen LogP contribution in [-0.2, 0) is 11.2 Å². The number of pyridine rings is 1. The van der Waals surface area contributed by atoms with E-state index in [0.29, 0.717) is 18.0 Å². The average Bonchev–Trinajstić information content (AvgIpc) is 3.36. The number of likely N-dealkylation sites (N-methyl/N-ethyl adjacent to an activating group) is 1. The Bertz CT molecular complexity index is 1330. The zero-order valence-electron chi connectivity index (χ0n) is 17.9. The van der Waals surface area contributed by atoms with Crippen molar-refractivity contribution >= 4 is 28.4 Å². The summed E-state index contributed by atoms with van der Waals surface area (Å²) in [5.41, 5.74) is 5.35. The summed E-state index contributed by atoms with van der Waals surface area (Å²) in [5.74, 6) is 0.982. The molecular formula is C23H23N7O2. The molecule has 4 aromatic rings. The molecule has 4 heterocycles. The molecule has 0 saturated carbocycles. The molecule has 32 heavy (non-hydrogen) atoms. The number of rotatable bonds is 3. The van der Waals surface area contributed by atoms with Gasteiger partial charge in [0.05, 0.1) is 34.6 Å². The molecule has 1 aliphatic rings. The summed E-state index contributed by atoms with van der Waals surface area (Å²) in [7, 11) is 2.15. The molecule has 1 atom stereocenters. The zero-order valence-corrected chi connectivity index (χ0v) is 17.9. The Morgan fingerprint density at radius 1 is 1.25 bits per heavy atom. The number of carboxylic acid groups (broad SMARTS) is 1. The highest BCUT2D eigenvalue weighted by Crippen LogP contribution is 2.32. The van der Waals surface area contributed by atoms with Crippen molar-refractivity contribution < 1.29 is 9.90 Å². The SMILES string of the molecule is Cc1cc(Cc2nc3cnc4ccc(C#N)cc4c3n2[C@@H]2CCN(C)C2)ncn1.O=CO. The van der Waals surface area contributed by atoms with Crippen LogP contribution in [0.2, 0.25) is 0 Å². The van der Waals surface area contributed by atoms with E-state index in [1.165, 1.54) is 0 Å². The minimum atomic E-state index is -0.250. The van der Waals surface area contributed by atoms with Gasteiger partial charge in [0.25, 0.3) is 6.47 Å². The number of likely N-dealkylation sites (tertiary alicyclic amines) is 1. The predicted octanol–water partition coefficient (Wildman–Crippen LogP) is 2.72. The van der Waals surface area contributed by atoms with E-state index < -0.39 is 0 Å². The van der Waals surface area contributed by atoms with Gasteiger partial charge in [-0.05, 0) is 51.2 Å². The fourth-order valence-corrected chi connectivity index (χ4v) is 4.30. The third kappa shape index (κ3) is 4.13. The summed E-state index contributed by atoms with van der Waals surface area (Å²) < 4.78 is 2.36. The van der Waals surface area contributed by atoms with Gasteiger partial charge in [0, 0.05) is 30.1 Å². The summed E-state index contributed by atoms with van der Waals surface area (Å²) in [5, 5.41) is 17.3. The maximum atomic E-state index is 9.40. The molecule has 9 nitrogen and oxygen atoms in total. The second-order valence-corrected chi connectivity index (χ2v) is 7.87. The maximum Gasteiger partial charge on any atom is 0.290 e. The van der Waals surface area contributed by atoms with Crippen LogP contribution in [0.1, 0.15) is 35.2 Å². The summed E-state index contributed by atoms with van der Waals surface area (Å²) in [6.45, 7) is 3.76. The Kier molecular flexibility index (Phi) is 6.05. The minimum Gasteiger partial charge on any atom is -0.483 e. The highest BCUT2D eigenvalue weighted by Gasteiger charge is 2.27. The van der Waals surface area contributed by atoms with Crippen molar-refractivity contribution in [3.8, 4) is 6.07 Å². The number of carbonyl (C=O) groups is 1. The molecule has 0 bridgehead atoms. The second kappa shape index (κ2) is 9.08. The summed E-state index contributed by atoms with van der Waals surface area (Å²) >= 11 is 0. The molecule has 1 saturated heterocycles. The van der Waals surface area contributed by atoms with Crippen LogP contribution in [0, 0.1) is 18.3 Å². The number of aryl methyl sites for hydroxylation is 1. The molecule has 1 aliphatic heterocycles. The van der Waals surface area contributed by atoms with Gasteiger partial charge in [-0.25, -0.2) is 15.0 Å². The predicted molar refractivity (Wildman–Crippen MR) is 119 cm³/mol. The molecule has 0 unspecified atom stereocenters. The zero-order chi connectivity index (χ0) is 22.7. The molecule has 162 valence electrons. The molecule has 0 radical (unpaired) electrons. The van der Waals surface area contributed by atoms with E-state index in [2.05, 4.69) is 37.5 Å². The first kappa shape index (κ1) is 21.3. The Labute approximate surface area is 185 Å².